The van der Waals surface area contributed by atoms with E-state index in [2.05, 4.69) is 38.2 Å². The van der Waals surface area contributed by atoms with Crippen LogP contribution in [0.2, 0.25) is 0 Å². The van der Waals surface area contributed by atoms with Gasteiger partial charge < -0.3 is 20.1 Å². The van der Waals surface area contributed by atoms with E-state index >= 15 is 0 Å². The molecule has 0 radical (unpaired) electrons. The SMILES string of the molecule is CCCCCCCC/C=C\CCCCCCCCCC(=O)OCC(COP(=O)(O)OCCN)OC(=O)CCCCCCCCCCCCCCCCCCCCCCCCCCC/C=C\CCCCCCCCCC. The summed E-state index contributed by atoms with van der Waals surface area (Å²) in [4.78, 5) is 35.2. The van der Waals surface area contributed by atoms with Crippen molar-refractivity contribution < 1.29 is 37.6 Å². The number of phosphoric ester groups is 1. The number of nitrogens with two attached hydrogens (primary N) is 1. The highest BCUT2D eigenvalue weighted by molar-refractivity contribution is 7.47. The Morgan fingerprint density at radius 2 is 0.653 bits per heavy atom. The summed E-state index contributed by atoms with van der Waals surface area (Å²) < 4.78 is 33.1. The molecule has 0 aliphatic carbocycles. The topological polar surface area (TPSA) is 134 Å². The Morgan fingerprint density at radius 1 is 0.387 bits per heavy atom. The van der Waals surface area contributed by atoms with E-state index in [1.54, 1.807) is 0 Å². The molecule has 0 spiro atoms. The van der Waals surface area contributed by atoms with Crippen molar-refractivity contribution in [3.63, 3.8) is 0 Å². The number of carbonyl (C=O) groups excluding carboxylic acids is 2. The highest BCUT2D eigenvalue weighted by Gasteiger charge is 2.26. The standard InChI is InChI=1S/C65H126NO8P/c1-3-5-7-9-11-13-15-17-19-21-22-23-24-25-26-27-28-29-30-31-32-33-34-35-36-37-38-39-40-42-44-46-48-50-52-54-56-58-65(68)74-63(62-73-75(69,70)72-60-59-66)61-71-64(67)57-55-53-51-49-47-45-43-41-20-18-16-14-12-10-8-6-4-2/h18,20-22,63H,3-17,19,23-62,66H2,1-2H3,(H,69,70)/b20-18-,22-21-. The Kier molecular flexibility index (Phi) is 60.5. The van der Waals surface area contributed by atoms with Gasteiger partial charge in [0.05, 0.1) is 13.2 Å². The second kappa shape index (κ2) is 61.7. The van der Waals surface area contributed by atoms with Crippen molar-refractivity contribution in [1.82, 2.24) is 0 Å². The lowest BCUT2D eigenvalue weighted by atomic mass is 10.0. The zero-order chi connectivity index (χ0) is 54.5. The highest BCUT2D eigenvalue weighted by atomic mass is 31.2. The number of carbonyl (C=O) groups is 2. The molecule has 0 fully saturated rings. The van der Waals surface area contributed by atoms with Gasteiger partial charge >= 0.3 is 19.8 Å². The molecule has 3 N–H and O–H groups in total. The minimum Gasteiger partial charge on any atom is -0.462 e. The number of unbranched alkanes of at least 4 members (excludes halogenated alkanes) is 46. The van der Waals surface area contributed by atoms with Crippen molar-refractivity contribution in [2.45, 2.75) is 354 Å². The Labute approximate surface area is 465 Å². The summed E-state index contributed by atoms with van der Waals surface area (Å²) in [5.41, 5.74) is 5.39. The predicted molar refractivity (Wildman–Crippen MR) is 321 cm³/mol. The van der Waals surface area contributed by atoms with Crippen LogP contribution in [-0.4, -0.2) is 49.3 Å². The maximum absolute atomic E-state index is 12.7. The molecule has 0 aliphatic heterocycles. The average Bonchev–Trinajstić information content (AvgIpc) is 3.40. The van der Waals surface area contributed by atoms with Crippen LogP contribution >= 0.6 is 7.82 Å². The summed E-state index contributed by atoms with van der Waals surface area (Å²) in [6, 6.07) is 0. The lowest BCUT2D eigenvalue weighted by Gasteiger charge is -2.19. The van der Waals surface area contributed by atoms with Gasteiger partial charge in [-0.05, 0) is 64.2 Å². The largest absolute Gasteiger partial charge is 0.472 e. The minimum absolute atomic E-state index is 0.0556. The van der Waals surface area contributed by atoms with Crippen molar-refractivity contribution in [2.75, 3.05) is 26.4 Å². The van der Waals surface area contributed by atoms with Gasteiger partial charge in [-0.15, -0.1) is 0 Å². The Bertz CT molecular complexity index is 1280. The minimum atomic E-state index is -4.39. The highest BCUT2D eigenvalue weighted by Crippen LogP contribution is 2.43. The molecule has 0 rings (SSSR count). The molecule has 0 aromatic carbocycles. The second-order valence-corrected chi connectivity index (χ2v) is 23.8. The van der Waals surface area contributed by atoms with Crippen molar-refractivity contribution >= 4 is 19.8 Å². The van der Waals surface area contributed by atoms with Gasteiger partial charge in [-0.1, -0.05) is 295 Å². The van der Waals surface area contributed by atoms with E-state index in [0.29, 0.717) is 6.42 Å². The van der Waals surface area contributed by atoms with Crippen molar-refractivity contribution in [3.05, 3.63) is 24.3 Å². The third-order valence-electron chi connectivity index (χ3n) is 14.8. The first-order chi connectivity index (χ1) is 36.8. The van der Waals surface area contributed by atoms with E-state index < -0.39 is 26.5 Å². The van der Waals surface area contributed by atoms with Crippen molar-refractivity contribution in [3.8, 4) is 0 Å². The third-order valence-corrected chi connectivity index (χ3v) is 15.8. The molecule has 75 heavy (non-hydrogen) atoms. The van der Waals surface area contributed by atoms with Crippen LogP contribution in [0.1, 0.15) is 348 Å². The van der Waals surface area contributed by atoms with Crippen LogP contribution in [-0.2, 0) is 32.7 Å². The van der Waals surface area contributed by atoms with Crippen LogP contribution < -0.4 is 5.73 Å². The second-order valence-electron chi connectivity index (χ2n) is 22.3. The molecule has 0 aromatic heterocycles. The third kappa shape index (κ3) is 61.6. The molecule has 0 heterocycles. The van der Waals surface area contributed by atoms with Crippen molar-refractivity contribution in [1.29, 1.82) is 0 Å². The Hall–Kier alpha value is -1.51. The smallest absolute Gasteiger partial charge is 0.462 e. The summed E-state index contributed by atoms with van der Waals surface area (Å²) in [7, 11) is -4.39. The first-order valence-electron chi connectivity index (χ1n) is 32.8. The first kappa shape index (κ1) is 73.5. The molecule has 0 aromatic rings. The lowest BCUT2D eigenvalue weighted by Crippen LogP contribution is -2.29. The number of esters is 2. The molecule has 0 amide bonds. The fourth-order valence-corrected chi connectivity index (χ4v) is 10.7. The van der Waals surface area contributed by atoms with Gasteiger partial charge in [-0.3, -0.25) is 18.6 Å². The van der Waals surface area contributed by atoms with Crippen molar-refractivity contribution in [2.24, 2.45) is 5.73 Å². The summed E-state index contributed by atoms with van der Waals surface area (Å²) >= 11 is 0. The van der Waals surface area contributed by atoms with Crippen LogP contribution in [0.15, 0.2) is 24.3 Å². The lowest BCUT2D eigenvalue weighted by molar-refractivity contribution is -0.161. The number of phosphoric acid groups is 1. The number of ether oxygens (including phenoxy) is 2. The molecule has 10 heteroatoms. The van der Waals surface area contributed by atoms with Gasteiger partial charge in [0.2, 0.25) is 0 Å². The summed E-state index contributed by atoms with van der Waals surface area (Å²) in [5, 5.41) is 0. The van der Waals surface area contributed by atoms with Gasteiger partial charge in [0.15, 0.2) is 6.10 Å². The van der Waals surface area contributed by atoms with E-state index in [0.717, 1.165) is 32.1 Å². The van der Waals surface area contributed by atoms with Gasteiger partial charge in [0.25, 0.3) is 0 Å². The molecule has 2 unspecified atom stereocenters. The van der Waals surface area contributed by atoms with Crippen LogP contribution in [0.5, 0.6) is 0 Å². The maximum Gasteiger partial charge on any atom is 0.472 e. The monoisotopic (exact) mass is 1080 g/mol. The fraction of sp³-hybridized carbons (Fsp3) is 0.908. The summed E-state index contributed by atoms with van der Waals surface area (Å²) in [6.07, 6.45) is 74.2. The van der Waals surface area contributed by atoms with Gasteiger partial charge in [-0.25, -0.2) is 4.57 Å². The maximum atomic E-state index is 12.7. The van der Waals surface area contributed by atoms with E-state index in [9.17, 15) is 19.0 Å². The molecular weight excluding hydrogens is 954 g/mol. The zero-order valence-corrected chi connectivity index (χ0v) is 50.7. The first-order valence-corrected chi connectivity index (χ1v) is 34.3. The normalized spacial score (nSPS) is 13.1. The molecule has 0 saturated carbocycles. The molecular formula is C65H126NO8P. The summed E-state index contributed by atoms with van der Waals surface area (Å²) in [5.74, 6) is -0.814. The predicted octanol–water partition coefficient (Wildman–Crippen LogP) is 21.0. The fourth-order valence-electron chi connectivity index (χ4n) is 9.92. The van der Waals surface area contributed by atoms with Crippen LogP contribution in [0.25, 0.3) is 0 Å². The van der Waals surface area contributed by atoms with Crippen LogP contribution in [0.3, 0.4) is 0 Å². The number of rotatable bonds is 63. The van der Waals surface area contributed by atoms with Gasteiger partial charge in [0, 0.05) is 19.4 Å². The zero-order valence-electron chi connectivity index (χ0n) is 49.8. The van der Waals surface area contributed by atoms with Crippen LogP contribution in [0.4, 0.5) is 0 Å². The Balaban J connectivity index is 3.77. The van der Waals surface area contributed by atoms with E-state index in [4.69, 9.17) is 24.3 Å². The Morgan fingerprint density at radius 3 is 0.947 bits per heavy atom. The van der Waals surface area contributed by atoms with Gasteiger partial charge in [0.1, 0.15) is 6.61 Å². The van der Waals surface area contributed by atoms with E-state index in [1.165, 1.54) is 283 Å². The molecule has 0 saturated heterocycles. The van der Waals surface area contributed by atoms with Gasteiger partial charge in [-0.2, -0.15) is 0 Å². The molecule has 0 aliphatic rings. The number of hydrogen-bond donors (Lipinski definition) is 2. The number of hydrogen-bond acceptors (Lipinski definition) is 8. The van der Waals surface area contributed by atoms with E-state index in [1.807, 2.05) is 0 Å². The number of allylic oxidation sites excluding steroid dienone is 4. The van der Waals surface area contributed by atoms with E-state index in [-0.39, 0.29) is 38.6 Å². The molecule has 444 valence electrons. The average molecular weight is 1080 g/mol. The molecule has 9 nitrogen and oxygen atoms in total. The summed E-state index contributed by atoms with van der Waals surface area (Å²) in [6.45, 7) is 3.79. The molecule has 0 bridgehead atoms. The molecule has 2 atom stereocenters. The quantitative estimate of drug-likeness (QED) is 0.0264. The van der Waals surface area contributed by atoms with Crippen LogP contribution in [0, 0.1) is 0 Å².